The van der Waals surface area contributed by atoms with E-state index in [1.54, 1.807) is 33.6 Å². The van der Waals surface area contributed by atoms with Crippen LogP contribution in [-0.4, -0.2) is 14.2 Å². The Balaban J connectivity index is 1.74. The summed E-state index contributed by atoms with van der Waals surface area (Å²) in [6.07, 6.45) is 3.47. The molecule has 0 fully saturated rings. The van der Waals surface area contributed by atoms with Gasteiger partial charge >= 0.3 is 0 Å². The number of nitrogens with zero attached hydrogens (tertiary/aromatic N) is 3. The number of halogens is 1. The molecule has 0 saturated heterocycles. The second-order valence-electron chi connectivity index (χ2n) is 6.52. The highest BCUT2D eigenvalue weighted by Gasteiger charge is 2.10. The fourth-order valence-corrected chi connectivity index (χ4v) is 2.98. The zero-order valence-corrected chi connectivity index (χ0v) is 14.6. The van der Waals surface area contributed by atoms with Gasteiger partial charge in [0.25, 0.3) is 5.56 Å². The second-order valence-corrected chi connectivity index (χ2v) is 6.52. The lowest BCUT2D eigenvalue weighted by atomic mass is 10.0. The maximum Gasteiger partial charge on any atom is 0.276 e. The van der Waals surface area contributed by atoms with Crippen molar-refractivity contribution >= 4 is 5.52 Å². The van der Waals surface area contributed by atoms with E-state index < -0.39 is 0 Å². The third-order valence-corrected chi connectivity index (χ3v) is 4.67. The largest absolute Gasteiger partial charge is 0.308 e. The maximum atomic E-state index is 13.1. The number of hydrogen-bond acceptors (Lipinski definition) is 2. The van der Waals surface area contributed by atoms with Crippen LogP contribution in [0.3, 0.4) is 0 Å². The highest BCUT2D eigenvalue weighted by atomic mass is 19.1. The molecule has 2 aromatic carbocycles. The van der Waals surface area contributed by atoms with E-state index >= 15 is 0 Å². The molecule has 0 atom stereocenters. The molecule has 0 radical (unpaired) electrons. The van der Waals surface area contributed by atoms with Gasteiger partial charge in [-0.3, -0.25) is 4.79 Å². The van der Waals surface area contributed by atoms with Crippen LogP contribution in [0.25, 0.3) is 16.8 Å². The van der Waals surface area contributed by atoms with Crippen LogP contribution < -0.4 is 5.56 Å². The third-order valence-electron chi connectivity index (χ3n) is 4.67. The molecule has 0 spiro atoms. The molecular weight excluding hydrogens is 329 g/mol. The van der Waals surface area contributed by atoms with Crippen LogP contribution in [0.5, 0.6) is 0 Å². The van der Waals surface area contributed by atoms with Gasteiger partial charge in [0.15, 0.2) is 0 Å². The minimum Gasteiger partial charge on any atom is -0.308 e. The van der Waals surface area contributed by atoms with Crippen molar-refractivity contribution in [3.8, 4) is 11.3 Å². The average molecular weight is 347 g/mol. The number of benzene rings is 2. The van der Waals surface area contributed by atoms with E-state index in [0.29, 0.717) is 12.1 Å². The standard InChI is InChI=1S/C21H18FN3O/c1-14-3-6-17(11-15(14)2)19-12-20-21(26)24(9-10-25(20)23-19)13-16-4-7-18(22)8-5-16/h3-12H,13H2,1-2H3. The average Bonchev–Trinajstić information content (AvgIpc) is 3.07. The van der Waals surface area contributed by atoms with Crippen molar-refractivity contribution in [2.45, 2.75) is 20.4 Å². The van der Waals surface area contributed by atoms with E-state index in [4.69, 9.17) is 0 Å². The van der Waals surface area contributed by atoms with Gasteiger partial charge in [0.05, 0.1) is 12.2 Å². The number of hydrogen-bond donors (Lipinski definition) is 0. The Kier molecular flexibility index (Phi) is 3.92. The molecular formula is C21H18FN3O. The summed E-state index contributed by atoms with van der Waals surface area (Å²) in [5, 5.41) is 4.53. The molecule has 0 aliphatic rings. The molecule has 2 heterocycles. The molecule has 130 valence electrons. The Morgan fingerprint density at radius 2 is 1.73 bits per heavy atom. The summed E-state index contributed by atoms with van der Waals surface area (Å²) >= 11 is 0. The van der Waals surface area contributed by atoms with E-state index in [1.807, 2.05) is 12.1 Å². The first-order chi connectivity index (χ1) is 12.5. The van der Waals surface area contributed by atoms with Crippen LogP contribution in [0.4, 0.5) is 4.39 Å². The van der Waals surface area contributed by atoms with Crippen LogP contribution in [-0.2, 0) is 6.54 Å². The molecule has 4 nitrogen and oxygen atoms in total. The van der Waals surface area contributed by atoms with Gasteiger partial charge < -0.3 is 4.57 Å². The van der Waals surface area contributed by atoms with E-state index in [1.165, 1.54) is 23.3 Å². The quantitative estimate of drug-likeness (QED) is 0.563. The van der Waals surface area contributed by atoms with Crippen molar-refractivity contribution in [1.82, 2.24) is 14.2 Å². The second kappa shape index (κ2) is 6.26. The summed E-state index contributed by atoms with van der Waals surface area (Å²) in [5.74, 6) is -0.287. The third kappa shape index (κ3) is 2.92. The Bertz CT molecular complexity index is 1160. The fraction of sp³-hybridized carbons (Fsp3) is 0.143. The number of aromatic nitrogens is 3. The van der Waals surface area contributed by atoms with Gasteiger partial charge in [-0.05, 0) is 54.8 Å². The summed E-state index contributed by atoms with van der Waals surface area (Å²) in [7, 11) is 0. The molecule has 26 heavy (non-hydrogen) atoms. The summed E-state index contributed by atoms with van der Waals surface area (Å²) in [6.45, 7) is 4.51. The molecule has 0 aliphatic heterocycles. The smallest absolute Gasteiger partial charge is 0.276 e. The summed E-state index contributed by atoms with van der Waals surface area (Å²) in [6, 6.07) is 14.1. The minimum atomic E-state index is -0.287. The number of rotatable bonds is 3. The van der Waals surface area contributed by atoms with E-state index in [0.717, 1.165) is 16.8 Å². The first kappa shape index (κ1) is 16.3. The summed E-state index contributed by atoms with van der Waals surface area (Å²) < 4.78 is 16.3. The number of aryl methyl sites for hydroxylation is 2. The van der Waals surface area contributed by atoms with Crippen molar-refractivity contribution in [1.29, 1.82) is 0 Å². The Labute approximate surface area is 150 Å². The maximum absolute atomic E-state index is 13.1. The Morgan fingerprint density at radius 1 is 0.962 bits per heavy atom. The van der Waals surface area contributed by atoms with Gasteiger partial charge in [-0.25, -0.2) is 8.91 Å². The van der Waals surface area contributed by atoms with Crippen LogP contribution in [0.1, 0.15) is 16.7 Å². The van der Waals surface area contributed by atoms with Gasteiger partial charge in [0.1, 0.15) is 11.3 Å². The predicted octanol–water partition coefficient (Wildman–Crippen LogP) is 3.97. The Hall–Kier alpha value is -3.21. The van der Waals surface area contributed by atoms with Gasteiger partial charge in [0, 0.05) is 18.0 Å². The van der Waals surface area contributed by atoms with Crippen molar-refractivity contribution in [2.24, 2.45) is 0 Å². The van der Waals surface area contributed by atoms with Crippen molar-refractivity contribution in [3.05, 3.63) is 93.8 Å². The molecule has 0 saturated carbocycles. The molecule has 0 bridgehead atoms. The fourth-order valence-electron chi connectivity index (χ4n) is 2.98. The monoisotopic (exact) mass is 347 g/mol. The number of fused-ring (bicyclic) bond motifs is 1. The van der Waals surface area contributed by atoms with E-state index in [2.05, 4.69) is 31.1 Å². The van der Waals surface area contributed by atoms with Crippen molar-refractivity contribution < 1.29 is 4.39 Å². The Morgan fingerprint density at radius 3 is 2.46 bits per heavy atom. The SMILES string of the molecule is Cc1ccc(-c2cc3c(=O)n(Cc4ccc(F)cc4)ccn3n2)cc1C. The van der Waals surface area contributed by atoms with Crippen molar-refractivity contribution in [3.63, 3.8) is 0 Å². The van der Waals surface area contributed by atoms with Crippen molar-refractivity contribution in [2.75, 3.05) is 0 Å². The lowest BCUT2D eigenvalue weighted by molar-refractivity contribution is 0.626. The first-order valence-electron chi connectivity index (χ1n) is 8.42. The van der Waals surface area contributed by atoms with Gasteiger partial charge in [-0.15, -0.1) is 0 Å². The molecule has 0 unspecified atom stereocenters. The zero-order chi connectivity index (χ0) is 18.3. The van der Waals surface area contributed by atoms with Gasteiger partial charge in [-0.2, -0.15) is 5.10 Å². The molecule has 5 heteroatoms. The minimum absolute atomic E-state index is 0.126. The highest BCUT2D eigenvalue weighted by Crippen LogP contribution is 2.21. The van der Waals surface area contributed by atoms with Gasteiger partial charge in [-0.1, -0.05) is 24.3 Å². The van der Waals surface area contributed by atoms with Crippen LogP contribution in [0, 0.1) is 19.7 Å². The van der Waals surface area contributed by atoms with E-state index in [-0.39, 0.29) is 11.4 Å². The topological polar surface area (TPSA) is 39.3 Å². The lowest BCUT2D eigenvalue weighted by Crippen LogP contribution is -2.21. The molecule has 0 aliphatic carbocycles. The molecule has 4 aromatic rings. The normalized spacial score (nSPS) is 11.2. The first-order valence-corrected chi connectivity index (χ1v) is 8.42. The molecule has 0 amide bonds. The lowest BCUT2D eigenvalue weighted by Gasteiger charge is -2.06. The van der Waals surface area contributed by atoms with Crippen LogP contribution >= 0.6 is 0 Å². The molecule has 0 N–H and O–H groups in total. The molecule has 2 aromatic heterocycles. The summed E-state index contributed by atoms with van der Waals surface area (Å²) in [5.41, 5.74) is 5.42. The van der Waals surface area contributed by atoms with Gasteiger partial charge in [0.2, 0.25) is 0 Å². The molecule has 4 rings (SSSR count). The van der Waals surface area contributed by atoms with Crippen LogP contribution in [0.15, 0.2) is 65.7 Å². The highest BCUT2D eigenvalue weighted by molar-refractivity contribution is 5.66. The predicted molar refractivity (Wildman–Crippen MR) is 99.9 cm³/mol. The van der Waals surface area contributed by atoms with E-state index in [9.17, 15) is 9.18 Å². The zero-order valence-electron chi connectivity index (χ0n) is 14.6. The summed E-state index contributed by atoms with van der Waals surface area (Å²) in [4.78, 5) is 12.8. The van der Waals surface area contributed by atoms with Crippen LogP contribution in [0.2, 0.25) is 0 Å².